The summed E-state index contributed by atoms with van der Waals surface area (Å²) in [6.07, 6.45) is 0. The molecule has 6 nitrogen and oxygen atoms in total. The molecular formula is C20H25N2O4+. The van der Waals surface area contributed by atoms with Crippen molar-refractivity contribution in [3.8, 4) is 11.5 Å². The van der Waals surface area contributed by atoms with Crippen molar-refractivity contribution >= 4 is 11.6 Å². The predicted molar refractivity (Wildman–Crippen MR) is 99.2 cm³/mol. The summed E-state index contributed by atoms with van der Waals surface area (Å²) in [5.41, 5.74) is 2.45. The molecule has 1 saturated heterocycles. The largest absolute Gasteiger partial charge is 0.497 e. The molecule has 2 aromatic rings. The van der Waals surface area contributed by atoms with Crippen LogP contribution in [0.1, 0.15) is 15.9 Å². The zero-order valence-electron chi connectivity index (χ0n) is 15.2. The molecule has 1 heterocycles. The third-order valence-electron chi connectivity index (χ3n) is 4.53. The quantitative estimate of drug-likeness (QED) is 0.820. The van der Waals surface area contributed by atoms with E-state index in [9.17, 15) is 4.79 Å². The van der Waals surface area contributed by atoms with Crippen LogP contribution in [0.3, 0.4) is 0 Å². The maximum Gasteiger partial charge on any atom is 0.255 e. The van der Waals surface area contributed by atoms with Crippen LogP contribution >= 0.6 is 0 Å². The lowest BCUT2D eigenvalue weighted by Gasteiger charge is -2.23. The molecule has 0 aromatic heterocycles. The second-order valence-electron chi connectivity index (χ2n) is 6.26. The molecule has 0 saturated carbocycles. The van der Waals surface area contributed by atoms with Gasteiger partial charge in [-0.25, -0.2) is 0 Å². The fourth-order valence-electron chi connectivity index (χ4n) is 3.00. The number of morpholine rings is 1. The summed E-state index contributed by atoms with van der Waals surface area (Å²) < 4.78 is 15.9. The molecule has 0 aliphatic carbocycles. The van der Waals surface area contributed by atoms with Crippen molar-refractivity contribution in [3.63, 3.8) is 0 Å². The van der Waals surface area contributed by atoms with Crippen molar-refractivity contribution in [1.82, 2.24) is 0 Å². The van der Waals surface area contributed by atoms with E-state index in [-0.39, 0.29) is 5.91 Å². The van der Waals surface area contributed by atoms with Gasteiger partial charge in [-0.2, -0.15) is 0 Å². The summed E-state index contributed by atoms with van der Waals surface area (Å²) >= 11 is 0. The first-order chi connectivity index (χ1) is 12.7. The first-order valence-electron chi connectivity index (χ1n) is 8.73. The molecule has 0 bridgehead atoms. The van der Waals surface area contributed by atoms with Crippen LogP contribution in [0.25, 0.3) is 0 Å². The predicted octanol–water partition coefficient (Wildman–Crippen LogP) is 1.37. The van der Waals surface area contributed by atoms with Crippen LogP contribution < -0.4 is 19.7 Å². The van der Waals surface area contributed by atoms with E-state index in [2.05, 4.69) is 5.32 Å². The highest BCUT2D eigenvalue weighted by atomic mass is 16.5. The summed E-state index contributed by atoms with van der Waals surface area (Å²) in [5.74, 6) is 1.07. The zero-order chi connectivity index (χ0) is 18.4. The third kappa shape index (κ3) is 4.53. The molecule has 2 N–H and O–H groups in total. The van der Waals surface area contributed by atoms with Crippen molar-refractivity contribution < 1.29 is 23.9 Å². The van der Waals surface area contributed by atoms with Crippen LogP contribution in [0.5, 0.6) is 11.5 Å². The number of carbonyl (C=O) groups excluding carboxylic acids is 1. The number of nitrogens with one attached hydrogen (secondary N) is 2. The van der Waals surface area contributed by atoms with E-state index >= 15 is 0 Å². The molecule has 3 rings (SSSR count). The van der Waals surface area contributed by atoms with Gasteiger partial charge in [0.05, 0.1) is 33.1 Å². The van der Waals surface area contributed by atoms with Crippen molar-refractivity contribution in [1.29, 1.82) is 0 Å². The van der Waals surface area contributed by atoms with Crippen LogP contribution in [0, 0.1) is 0 Å². The number of hydrogen-bond donors (Lipinski definition) is 2. The van der Waals surface area contributed by atoms with Crippen LogP contribution in [0.2, 0.25) is 0 Å². The minimum absolute atomic E-state index is 0.168. The SMILES string of the molecule is COc1ccc(NC(=O)c2ccc(C[NH+]3CCOCC3)cc2)c(OC)c1. The Morgan fingerprint density at radius 3 is 2.46 bits per heavy atom. The number of methoxy groups -OCH3 is 2. The molecule has 0 atom stereocenters. The minimum atomic E-state index is -0.168. The summed E-state index contributed by atoms with van der Waals surface area (Å²) in [5, 5.41) is 2.89. The molecule has 1 aliphatic heterocycles. The van der Waals surface area contributed by atoms with E-state index in [1.807, 2.05) is 24.3 Å². The average molecular weight is 357 g/mol. The van der Waals surface area contributed by atoms with Gasteiger partial charge in [0.25, 0.3) is 5.91 Å². The highest BCUT2D eigenvalue weighted by molar-refractivity contribution is 6.05. The first kappa shape index (κ1) is 18.2. The first-order valence-corrected chi connectivity index (χ1v) is 8.73. The summed E-state index contributed by atoms with van der Waals surface area (Å²) in [6, 6.07) is 13.0. The van der Waals surface area contributed by atoms with Gasteiger partial charge >= 0.3 is 0 Å². The van der Waals surface area contributed by atoms with E-state index in [0.717, 1.165) is 32.8 Å². The maximum atomic E-state index is 12.5. The maximum absolute atomic E-state index is 12.5. The number of quaternary nitrogens is 1. The van der Waals surface area contributed by atoms with E-state index < -0.39 is 0 Å². The monoisotopic (exact) mass is 357 g/mol. The minimum Gasteiger partial charge on any atom is -0.497 e. The number of carbonyl (C=O) groups is 1. The van der Waals surface area contributed by atoms with E-state index in [1.165, 1.54) is 10.5 Å². The third-order valence-corrected chi connectivity index (χ3v) is 4.53. The molecule has 1 fully saturated rings. The van der Waals surface area contributed by atoms with Crippen LogP contribution in [-0.2, 0) is 11.3 Å². The van der Waals surface area contributed by atoms with Gasteiger partial charge in [-0.3, -0.25) is 4.79 Å². The topological polar surface area (TPSA) is 61.2 Å². The number of hydrogen-bond acceptors (Lipinski definition) is 4. The van der Waals surface area contributed by atoms with E-state index in [1.54, 1.807) is 32.4 Å². The second-order valence-corrected chi connectivity index (χ2v) is 6.26. The highest BCUT2D eigenvalue weighted by Crippen LogP contribution is 2.29. The Morgan fingerprint density at radius 1 is 1.08 bits per heavy atom. The van der Waals surface area contributed by atoms with E-state index in [0.29, 0.717) is 22.7 Å². The molecule has 0 spiro atoms. The number of anilines is 1. The Balaban J connectivity index is 1.64. The van der Waals surface area contributed by atoms with Gasteiger partial charge in [0, 0.05) is 17.2 Å². The molecule has 26 heavy (non-hydrogen) atoms. The Bertz CT molecular complexity index is 740. The van der Waals surface area contributed by atoms with Crippen molar-refractivity contribution in [2.24, 2.45) is 0 Å². The lowest BCUT2D eigenvalue weighted by atomic mass is 10.1. The molecule has 1 aliphatic rings. The van der Waals surface area contributed by atoms with Gasteiger partial charge in [0.15, 0.2) is 0 Å². The Kier molecular flexibility index (Phi) is 6.09. The average Bonchev–Trinajstić information content (AvgIpc) is 2.69. The van der Waals surface area contributed by atoms with Gasteiger partial charge < -0.3 is 24.4 Å². The Morgan fingerprint density at radius 2 is 1.81 bits per heavy atom. The van der Waals surface area contributed by atoms with Gasteiger partial charge in [0.1, 0.15) is 31.1 Å². The van der Waals surface area contributed by atoms with Crippen molar-refractivity contribution in [2.75, 3.05) is 45.8 Å². The smallest absolute Gasteiger partial charge is 0.255 e. The molecular weight excluding hydrogens is 332 g/mol. The number of benzene rings is 2. The zero-order valence-corrected chi connectivity index (χ0v) is 15.2. The molecule has 6 heteroatoms. The lowest BCUT2D eigenvalue weighted by Crippen LogP contribution is -3.12. The standard InChI is InChI=1S/C20H24N2O4/c1-24-17-7-8-18(19(13-17)25-2)21-20(23)16-5-3-15(4-6-16)14-22-9-11-26-12-10-22/h3-8,13H,9-12,14H2,1-2H3,(H,21,23)/p+1. The fourth-order valence-corrected chi connectivity index (χ4v) is 3.00. The number of rotatable bonds is 6. The van der Waals surface area contributed by atoms with Gasteiger partial charge in [-0.1, -0.05) is 12.1 Å². The molecule has 0 unspecified atom stereocenters. The molecule has 1 amide bonds. The van der Waals surface area contributed by atoms with Gasteiger partial charge in [0.2, 0.25) is 0 Å². The molecule has 2 aromatic carbocycles. The molecule has 0 radical (unpaired) electrons. The van der Waals surface area contributed by atoms with Crippen molar-refractivity contribution in [3.05, 3.63) is 53.6 Å². The fraction of sp³-hybridized carbons (Fsp3) is 0.350. The van der Waals surface area contributed by atoms with Crippen LogP contribution in [0.15, 0.2) is 42.5 Å². The lowest BCUT2D eigenvalue weighted by molar-refractivity contribution is -0.921. The van der Waals surface area contributed by atoms with Crippen molar-refractivity contribution in [2.45, 2.75) is 6.54 Å². The van der Waals surface area contributed by atoms with Gasteiger partial charge in [-0.05, 0) is 24.3 Å². The normalized spacial score (nSPS) is 14.7. The van der Waals surface area contributed by atoms with Crippen LogP contribution in [-0.4, -0.2) is 46.4 Å². The molecule has 138 valence electrons. The summed E-state index contributed by atoms with van der Waals surface area (Å²) in [6.45, 7) is 4.65. The Labute approximate surface area is 153 Å². The highest BCUT2D eigenvalue weighted by Gasteiger charge is 2.15. The van der Waals surface area contributed by atoms with Gasteiger partial charge in [-0.15, -0.1) is 0 Å². The number of amides is 1. The summed E-state index contributed by atoms with van der Waals surface area (Å²) in [7, 11) is 3.15. The summed E-state index contributed by atoms with van der Waals surface area (Å²) in [4.78, 5) is 14.0. The number of ether oxygens (including phenoxy) is 3. The van der Waals surface area contributed by atoms with E-state index in [4.69, 9.17) is 14.2 Å². The Hall–Kier alpha value is -2.57. The van der Waals surface area contributed by atoms with Crippen LogP contribution in [0.4, 0.5) is 5.69 Å². The second kappa shape index (κ2) is 8.69.